The lowest BCUT2D eigenvalue weighted by molar-refractivity contribution is -0.136. The van der Waals surface area contributed by atoms with Crippen LogP contribution in [0.25, 0.3) is 22.2 Å². The minimum atomic E-state index is -4.36. The minimum Gasteiger partial charge on any atom is -0.372 e. The van der Waals surface area contributed by atoms with E-state index in [1.807, 2.05) is 29.0 Å². The molecule has 1 aliphatic carbocycles. The summed E-state index contributed by atoms with van der Waals surface area (Å²) in [5.74, 6) is -3.84. The molecule has 2 atom stereocenters. The van der Waals surface area contributed by atoms with Crippen LogP contribution in [0.2, 0.25) is 0 Å². The van der Waals surface area contributed by atoms with Gasteiger partial charge in [-0.3, -0.25) is 39.1 Å². The van der Waals surface area contributed by atoms with E-state index in [0.717, 1.165) is 110 Å². The van der Waals surface area contributed by atoms with Crippen LogP contribution in [0.1, 0.15) is 82.5 Å². The average Bonchev–Trinajstić information content (AvgIpc) is 3.66. The fourth-order valence-corrected chi connectivity index (χ4v) is 12.2. The second-order valence-corrected chi connectivity index (χ2v) is 20.9. The van der Waals surface area contributed by atoms with E-state index < -0.39 is 57.0 Å². The monoisotopic (exact) mass is 964 g/mol. The maximum atomic E-state index is 15.8. The van der Waals surface area contributed by atoms with E-state index >= 15 is 8.78 Å². The summed E-state index contributed by atoms with van der Waals surface area (Å²) < 4.78 is 73.3. The zero-order valence-electron chi connectivity index (χ0n) is 37.7. The van der Waals surface area contributed by atoms with Crippen LogP contribution in [-0.2, 0) is 31.9 Å². The largest absolute Gasteiger partial charge is 0.372 e. The number of piperazine rings is 1. The number of imide groups is 1. The van der Waals surface area contributed by atoms with Gasteiger partial charge in [0.15, 0.2) is 5.82 Å². The first-order chi connectivity index (χ1) is 33.2. The summed E-state index contributed by atoms with van der Waals surface area (Å²) in [7, 11) is -4.36. The van der Waals surface area contributed by atoms with Gasteiger partial charge < -0.3 is 19.7 Å². The number of piperidine rings is 2. The number of benzene rings is 2. The van der Waals surface area contributed by atoms with Crippen LogP contribution in [0.15, 0.2) is 67.1 Å². The standard InChI is InChI=1S/C49H51F3N10O6S/c50-33-11-16-61(28-33)69(67,68)57-39-5-4-38(51)43(44(39)52)45(64)37-25-55-46-36(37)22-31(24-54-46)30-1-7-41(53-23-30)49(12-13-49)60-19-17-58(18-20-60)26-29-9-14-59(15-10-29)34-2-3-35-32(21-34)27-62(48(35)66)40-6-8-42(63)56-47(40)65/h1-5,7,21-25,29,33,40,57H,6,8-20,26-28H2,(H,54,55)(H,56,63,65)/t33-,40+/m1/s1. The number of rotatable bonds is 12. The lowest BCUT2D eigenvalue weighted by Gasteiger charge is -2.42. The molecule has 0 spiro atoms. The highest BCUT2D eigenvalue weighted by molar-refractivity contribution is 7.90. The summed E-state index contributed by atoms with van der Waals surface area (Å²) in [4.78, 5) is 72.6. The molecule has 0 unspecified atom stereocenters. The molecule has 6 aliphatic rings. The van der Waals surface area contributed by atoms with Crippen molar-refractivity contribution in [3.63, 3.8) is 0 Å². The van der Waals surface area contributed by atoms with Crippen molar-refractivity contribution in [2.24, 2.45) is 5.92 Å². The van der Waals surface area contributed by atoms with Gasteiger partial charge in [-0.05, 0) is 92.5 Å². The first kappa shape index (κ1) is 45.2. The molecule has 3 N–H and O–H groups in total. The number of amides is 3. The lowest BCUT2D eigenvalue weighted by Crippen LogP contribution is -2.52. The van der Waals surface area contributed by atoms with Gasteiger partial charge in [0.25, 0.3) is 5.91 Å². The van der Waals surface area contributed by atoms with Gasteiger partial charge in [-0.15, -0.1) is 0 Å². The van der Waals surface area contributed by atoms with E-state index in [1.165, 1.54) is 6.20 Å². The highest BCUT2D eigenvalue weighted by Gasteiger charge is 2.51. The van der Waals surface area contributed by atoms with Crippen LogP contribution in [0, 0.1) is 17.6 Å². The van der Waals surface area contributed by atoms with Gasteiger partial charge in [0.2, 0.25) is 17.6 Å². The van der Waals surface area contributed by atoms with Gasteiger partial charge in [-0.25, -0.2) is 18.2 Å². The van der Waals surface area contributed by atoms with Gasteiger partial charge in [-0.1, -0.05) is 6.07 Å². The van der Waals surface area contributed by atoms with Gasteiger partial charge in [-0.2, -0.15) is 12.7 Å². The number of aromatic nitrogens is 3. The molecule has 20 heteroatoms. The van der Waals surface area contributed by atoms with E-state index in [-0.39, 0.29) is 48.8 Å². The highest BCUT2D eigenvalue weighted by atomic mass is 32.2. The first-order valence-electron chi connectivity index (χ1n) is 23.6. The van der Waals surface area contributed by atoms with Gasteiger partial charge in [0.05, 0.1) is 22.5 Å². The maximum Gasteiger partial charge on any atom is 0.301 e. The Morgan fingerprint density at radius 1 is 0.870 bits per heavy atom. The Morgan fingerprint density at radius 3 is 2.36 bits per heavy atom. The number of pyridine rings is 2. The Bertz CT molecular complexity index is 3010. The number of nitrogens with zero attached hydrogens (tertiary/aromatic N) is 7. The number of fused-ring (bicyclic) bond motifs is 2. The van der Waals surface area contributed by atoms with Crippen molar-refractivity contribution < 1.29 is 40.8 Å². The van der Waals surface area contributed by atoms with Crippen molar-refractivity contribution in [1.82, 2.24) is 39.3 Å². The second-order valence-electron chi connectivity index (χ2n) is 19.2. The summed E-state index contributed by atoms with van der Waals surface area (Å²) in [6.45, 7) is 6.61. The predicted octanol–water partition coefficient (Wildman–Crippen LogP) is 5.12. The smallest absolute Gasteiger partial charge is 0.301 e. The van der Waals surface area contributed by atoms with Crippen LogP contribution in [0.4, 0.5) is 24.5 Å². The molecule has 16 nitrogen and oxygen atoms in total. The zero-order chi connectivity index (χ0) is 47.8. The molecule has 4 saturated heterocycles. The molecular weight excluding hydrogens is 914 g/mol. The van der Waals surface area contributed by atoms with Crippen LogP contribution >= 0.6 is 0 Å². The molecule has 11 rings (SSSR count). The Kier molecular flexibility index (Phi) is 11.6. The number of carbonyl (C=O) groups is 4. The molecule has 360 valence electrons. The van der Waals surface area contributed by atoms with Gasteiger partial charge in [0, 0.05) is 124 Å². The second kappa shape index (κ2) is 17.6. The van der Waals surface area contributed by atoms with Crippen molar-refractivity contribution in [3.05, 3.63) is 107 Å². The van der Waals surface area contributed by atoms with E-state index in [2.05, 4.69) is 36.1 Å². The van der Waals surface area contributed by atoms with Crippen LogP contribution < -0.4 is 14.9 Å². The zero-order valence-corrected chi connectivity index (χ0v) is 38.5. The molecule has 2 aromatic carbocycles. The van der Waals surface area contributed by atoms with Crippen LogP contribution in [0.5, 0.6) is 0 Å². The highest BCUT2D eigenvalue weighted by Crippen LogP contribution is 2.51. The number of anilines is 2. The fourth-order valence-electron chi connectivity index (χ4n) is 11.0. The number of halogens is 3. The molecule has 0 radical (unpaired) electrons. The van der Waals surface area contributed by atoms with Crippen molar-refractivity contribution >= 4 is 56.1 Å². The number of H-pyrrole nitrogens is 1. The van der Waals surface area contributed by atoms with Crippen molar-refractivity contribution in [2.75, 3.05) is 68.5 Å². The summed E-state index contributed by atoms with van der Waals surface area (Å²) in [6.07, 6.45) is 8.13. The maximum absolute atomic E-state index is 15.8. The summed E-state index contributed by atoms with van der Waals surface area (Å²) >= 11 is 0. The number of carbonyl (C=O) groups excluding carboxylic acids is 4. The lowest BCUT2D eigenvalue weighted by atomic mass is 9.95. The number of hydrogen-bond donors (Lipinski definition) is 3. The SMILES string of the molecule is O=C1CC[C@H](N2Cc3cc(N4CCC(CN5CCN(C6(c7ccc(-c8cnc9[nH]cc(C(=O)c%10c(F)ccc(NS(=O)(=O)N%11CC[C@@H](F)C%11)c%10F)c9c8)cn7)CC6)CC5)CC4)ccc3C2=O)C(=O)N1. The third-order valence-electron chi connectivity index (χ3n) is 15.0. The molecule has 3 amide bonds. The van der Waals surface area contributed by atoms with Gasteiger partial charge >= 0.3 is 10.2 Å². The molecular formula is C49H51F3N10O6S. The topological polar surface area (TPSA) is 184 Å². The third kappa shape index (κ3) is 8.44. The van der Waals surface area contributed by atoms with Crippen LogP contribution in [-0.4, -0.2) is 137 Å². The van der Waals surface area contributed by atoms with E-state index in [9.17, 15) is 32.0 Å². The van der Waals surface area contributed by atoms with Crippen LogP contribution in [0.3, 0.4) is 0 Å². The Hall–Kier alpha value is -6.22. The molecule has 5 aromatic rings. The number of ketones is 1. The number of alkyl halides is 1. The predicted molar refractivity (Wildman–Crippen MR) is 249 cm³/mol. The van der Waals surface area contributed by atoms with Crippen molar-refractivity contribution in [1.29, 1.82) is 0 Å². The molecule has 5 aliphatic heterocycles. The minimum absolute atomic E-state index is 0.00167. The van der Waals surface area contributed by atoms with E-state index in [0.29, 0.717) is 41.0 Å². The summed E-state index contributed by atoms with van der Waals surface area (Å²) in [5, 5.41) is 2.69. The van der Waals surface area contributed by atoms with Gasteiger partial charge in [0.1, 0.15) is 23.7 Å². The number of aromatic amines is 1. The number of nitrogens with one attached hydrogen (secondary N) is 3. The Balaban J connectivity index is 0.693. The van der Waals surface area contributed by atoms with Crippen molar-refractivity contribution in [2.45, 2.75) is 69.2 Å². The quantitative estimate of drug-likeness (QED) is 0.112. The normalized spacial score (nSPS) is 22.6. The Labute approximate surface area is 396 Å². The molecule has 69 heavy (non-hydrogen) atoms. The first-order valence-corrected chi connectivity index (χ1v) is 25.1. The summed E-state index contributed by atoms with van der Waals surface area (Å²) in [6, 6.07) is 12.8. The molecule has 3 aromatic heterocycles. The molecule has 1 saturated carbocycles. The molecule has 0 bridgehead atoms. The van der Waals surface area contributed by atoms with E-state index in [1.54, 1.807) is 23.4 Å². The fraction of sp³-hybridized carbons (Fsp3) is 0.429. The molecule has 8 heterocycles. The number of hydrogen-bond acceptors (Lipinski definition) is 11. The Morgan fingerprint density at radius 2 is 1.65 bits per heavy atom. The summed E-state index contributed by atoms with van der Waals surface area (Å²) in [5.41, 5.74) is 3.58. The average molecular weight is 965 g/mol. The molecule has 5 fully saturated rings. The van der Waals surface area contributed by atoms with Crippen molar-refractivity contribution in [3.8, 4) is 11.1 Å². The van der Waals surface area contributed by atoms with E-state index in [4.69, 9.17) is 4.98 Å². The third-order valence-corrected chi connectivity index (χ3v) is 16.5.